The second kappa shape index (κ2) is 4.86. The first kappa shape index (κ1) is 12.7. The predicted molar refractivity (Wildman–Crippen MR) is 70.4 cm³/mol. The largest absolute Gasteiger partial charge is 0.297 e. The van der Waals surface area contributed by atoms with E-state index in [1.807, 2.05) is 26.2 Å². The van der Waals surface area contributed by atoms with E-state index >= 15 is 0 Å². The molecule has 0 bridgehead atoms. The number of thiazole rings is 1. The molecule has 4 heteroatoms. The molecule has 3 nitrogen and oxygen atoms in total. The fourth-order valence-corrected chi connectivity index (χ4v) is 3.06. The van der Waals surface area contributed by atoms with E-state index < -0.39 is 0 Å². The molecule has 0 spiro atoms. The lowest BCUT2D eigenvalue weighted by Gasteiger charge is -2.33. The van der Waals surface area contributed by atoms with Crippen molar-refractivity contribution >= 4 is 17.1 Å². The maximum Gasteiger partial charge on any atom is 0.159 e. The summed E-state index contributed by atoms with van der Waals surface area (Å²) in [6.07, 6.45) is 2.90. The molecule has 0 aliphatic carbocycles. The Morgan fingerprint density at radius 2 is 2.12 bits per heavy atom. The molecule has 1 aromatic heterocycles. The van der Waals surface area contributed by atoms with Crippen LogP contribution in [0.15, 0.2) is 5.38 Å². The fraction of sp³-hybridized carbons (Fsp3) is 0.692. The van der Waals surface area contributed by atoms with Crippen molar-refractivity contribution in [3.63, 3.8) is 0 Å². The van der Waals surface area contributed by atoms with E-state index in [0.717, 1.165) is 23.8 Å². The van der Waals surface area contributed by atoms with E-state index in [0.29, 0.717) is 6.42 Å². The van der Waals surface area contributed by atoms with Gasteiger partial charge < -0.3 is 0 Å². The van der Waals surface area contributed by atoms with Gasteiger partial charge in [0, 0.05) is 11.1 Å². The Morgan fingerprint density at radius 1 is 1.47 bits per heavy atom. The van der Waals surface area contributed by atoms with Gasteiger partial charge in [0.25, 0.3) is 0 Å². The summed E-state index contributed by atoms with van der Waals surface area (Å²) in [6, 6.07) is 0. The highest BCUT2D eigenvalue weighted by Gasteiger charge is 2.35. The quantitative estimate of drug-likeness (QED) is 0.825. The molecule has 1 aliphatic rings. The first-order valence-electron chi connectivity index (χ1n) is 6.19. The summed E-state index contributed by atoms with van der Waals surface area (Å²) in [6.45, 7) is 8.16. The summed E-state index contributed by atoms with van der Waals surface area (Å²) in [5.41, 5.74) is 0.674. The van der Waals surface area contributed by atoms with Crippen molar-refractivity contribution < 1.29 is 4.79 Å². The van der Waals surface area contributed by atoms with Gasteiger partial charge in [-0.3, -0.25) is 9.69 Å². The van der Waals surface area contributed by atoms with Crippen molar-refractivity contribution in [3.05, 3.63) is 16.1 Å². The molecule has 0 aromatic carbocycles. The van der Waals surface area contributed by atoms with E-state index in [-0.39, 0.29) is 11.3 Å². The average molecular weight is 252 g/mol. The third-order valence-corrected chi connectivity index (χ3v) is 4.52. The molecular weight excluding hydrogens is 232 g/mol. The lowest BCUT2D eigenvalue weighted by atomic mass is 9.95. The smallest absolute Gasteiger partial charge is 0.159 e. The topological polar surface area (TPSA) is 33.2 Å². The standard InChI is InChI=1S/C13H20N2OS/c1-10-9-17-12(14-10)8-11(16)13(2,3)15-6-4-5-7-15/h9H,4-8H2,1-3H3. The Bertz CT molecular complexity index is 405. The highest BCUT2D eigenvalue weighted by molar-refractivity contribution is 7.09. The number of hydrogen-bond donors (Lipinski definition) is 0. The van der Waals surface area contributed by atoms with Crippen LogP contribution in [0.25, 0.3) is 0 Å². The summed E-state index contributed by atoms with van der Waals surface area (Å²) >= 11 is 1.59. The lowest BCUT2D eigenvalue weighted by Crippen LogP contribution is -2.49. The number of carbonyl (C=O) groups excluding carboxylic acids is 1. The number of ketones is 1. The third kappa shape index (κ3) is 2.75. The minimum atomic E-state index is -0.337. The van der Waals surface area contributed by atoms with Crippen LogP contribution >= 0.6 is 11.3 Å². The Kier molecular flexibility index (Phi) is 3.64. The predicted octanol–water partition coefficient (Wildman–Crippen LogP) is 2.44. The molecule has 2 rings (SSSR count). The Balaban J connectivity index is 2.03. The summed E-state index contributed by atoms with van der Waals surface area (Å²) in [5, 5.41) is 2.95. The minimum absolute atomic E-state index is 0.286. The van der Waals surface area contributed by atoms with E-state index in [1.54, 1.807) is 11.3 Å². The second-order valence-corrected chi connectivity index (χ2v) is 6.18. The summed E-state index contributed by atoms with van der Waals surface area (Å²) in [4.78, 5) is 19.0. The Labute approximate surface area is 107 Å². The number of hydrogen-bond acceptors (Lipinski definition) is 4. The van der Waals surface area contributed by atoms with Crippen LogP contribution in [0, 0.1) is 6.92 Å². The average Bonchev–Trinajstić information content (AvgIpc) is 2.89. The molecule has 1 saturated heterocycles. The van der Waals surface area contributed by atoms with Gasteiger partial charge in [-0.1, -0.05) is 0 Å². The number of carbonyl (C=O) groups is 1. The zero-order chi connectivity index (χ0) is 12.5. The van der Waals surface area contributed by atoms with E-state index in [9.17, 15) is 4.79 Å². The molecule has 1 aliphatic heterocycles. The van der Waals surface area contributed by atoms with Crippen LogP contribution in [0.2, 0.25) is 0 Å². The van der Waals surface area contributed by atoms with Crippen LogP contribution in [-0.2, 0) is 11.2 Å². The van der Waals surface area contributed by atoms with Gasteiger partial charge in [-0.2, -0.15) is 0 Å². The van der Waals surface area contributed by atoms with Gasteiger partial charge >= 0.3 is 0 Å². The molecule has 17 heavy (non-hydrogen) atoms. The maximum atomic E-state index is 12.4. The second-order valence-electron chi connectivity index (χ2n) is 5.24. The van der Waals surface area contributed by atoms with Gasteiger partial charge in [-0.15, -0.1) is 11.3 Å². The summed E-state index contributed by atoms with van der Waals surface area (Å²) in [5.74, 6) is 0.286. The molecule has 0 radical (unpaired) electrons. The van der Waals surface area contributed by atoms with Crippen LogP contribution in [0.4, 0.5) is 0 Å². The highest BCUT2D eigenvalue weighted by Crippen LogP contribution is 2.24. The zero-order valence-corrected chi connectivity index (χ0v) is 11.6. The highest BCUT2D eigenvalue weighted by atomic mass is 32.1. The van der Waals surface area contributed by atoms with Gasteiger partial charge in [0.2, 0.25) is 0 Å². The molecular formula is C13H20N2OS. The lowest BCUT2D eigenvalue weighted by molar-refractivity contribution is -0.128. The first-order chi connectivity index (χ1) is 8.00. The fourth-order valence-electron chi connectivity index (χ4n) is 2.29. The minimum Gasteiger partial charge on any atom is -0.297 e. The molecule has 94 valence electrons. The number of Topliss-reactive ketones (excluding diaryl/α,β-unsaturated/α-hetero) is 1. The first-order valence-corrected chi connectivity index (χ1v) is 7.07. The number of rotatable bonds is 4. The van der Waals surface area contributed by atoms with Gasteiger partial charge in [0.1, 0.15) is 5.01 Å². The van der Waals surface area contributed by atoms with Gasteiger partial charge in [-0.25, -0.2) is 4.98 Å². The van der Waals surface area contributed by atoms with E-state index in [4.69, 9.17) is 0 Å². The molecule has 0 amide bonds. The molecule has 0 N–H and O–H groups in total. The van der Waals surface area contributed by atoms with Crippen molar-refractivity contribution in [3.8, 4) is 0 Å². The molecule has 0 unspecified atom stereocenters. The number of likely N-dealkylation sites (tertiary alicyclic amines) is 1. The molecule has 1 aromatic rings. The van der Waals surface area contributed by atoms with E-state index in [2.05, 4.69) is 9.88 Å². The number of aromatic nitrogens is 1. The monoisotopic (exact) mass is 252 g/mol. The van der Waals surface area contributed by atoms with Crippen molar-refractivity contribution in [2.24, 2.45) is 0 Å². The van der Waals surface area contributed by atoms with Crippen molar-refractivity contribution in [1.82, 2.24) is 9.88 Å². The third-order valence-electron chi connectivity index (χ3n) is 3.56. The molecule has 0 saturated carbocycles. The summed E-state index contributed by atoms with van der Waals surface area (Å²) in [7, 11) is 0. The number of aryl methyl sites for hydroxylation is 1. The summed E-state index contributed by atoms with van der Waals surface area (Å²) < 4.78 is 0. The molecule has 2 heterocycles. The van der Waals surface area contributed by atoms with Crippen molar-refractivity contribution in [2.45, 2.75) is 45.6 Å². The van der Waals surface area contributed by atoms with Crippen molar-refractivity contribution in [1.29, 1.82) is 0 Å². The van der Waals surface area contributed by atoms with Gasteiger partial charge in [-0.05, 0) is 46.7 Å². The normalized spacial score (nSPS) is 17.6. The van der Waals surface area contributed by atoms with Crippen LogP contribution < -0.4 is 0 Å². The zero-order valence-electron chi connectivity index (χ0n) is 10.8. The van der Waals surface area contributed by atoms with Crippen LogP contribution in [-0.4, -0.2) is 34.3 Å². The SMILES string of the molecule is Cc1csc(CC(=O)C(C)(C)N2CCCC2)n1. The Morgan fingerprint density at radius 3 is 2.65 bits per heavy atom. The van der Waals surface area contributed by atoms with E-state index in [1.165, 1.54) is 12.8 Å². The van der Waals surface area contributed by atoms with Crippen LogP contribution in [0.3, 0.4) is 0 Å². The molecule has 0 atom stereocenters. The maximum absolute atomic E-state index is 12.4. The molecule has 1 fully saturated rings. The van der Waals surface area contributed by atoms with Gasteiger partial charge in [0.15, 0.2) is 5.78 Å². The van der Waals surface area contributed by atoms with Crippen molar-refractivity contribution in [2.75, 3.05) is 13.1 Å². The van der Waals surface area contributed by atoms with Gasteiger partial charge in [0.05, 0.1) is 12.0 Å². The Hall–Kier alpha value is -0.740. The van der Waals surface area contributed by atoms with Crippen LogP contribution in [0.5, 0.6) is 0 Å². The number of nitrogens with zero attached hydrogens (tertiary/aromatic N) is 2. The van der Waals surface area contributed by atoms with Crippen LogP contribution in [0.1, 0.15) is 37.4 Å².